The van der Waals surface area contributed by atoms with Gasteiger partial charge in [0.15, 0.2) is 0 Å². The molecular weight excluding hydrogens is 502 g/mol. The highest BCUT2D eigenvalue weighted by Crippen LogP contribution is 2.28. The Morgan fingerprint density at radius 1 is 0.846 bits per heavy atom. The van der Waals surface area contributed by atoms with Gasteiger partial charge in [-0.1, -0.05) is 30.3 Å². The van der Waals surface area contributed by atoms with E-state index in [9.17, 15) is 23.2 Å². The van der Waals surface area contributed by atoms with Crippen molar-refractivity contribution >= 4 is 23.5 Å². The third kappa shape index (κ3) is 6.88. The summed E-state index contributed by atoms with van der Waals surface area (Å²) < 4.78 is 34.5. The predicted octanol–water partition coefficient (Wildman–Crippen LogP) is 6.25. The first-order valence-electron chi connectivity index (χ1n) is 13.0. The number of hydrogen-bond donors (Lipinski definition) is 0. The number of carbonyl (C=O) groups is 3. The molecule has 3 aromatic carbocycles. The van der Waals surface area contributed by atoms with Gasteiger partial charge >= 0.3 is 5.97 Å². The Balaban J connectivity index is 1.69. The number of nitrogens with zero attached hydrogens (tertiary/aromatic N) is 2. The quantitative estimate of drug-likeness (QED) is 0.351. The largest absolute Gasteiger partial charge is 0.459 e. The molecule has 0 aromatic heterocycles. The molecule has 0 N–H and O–H groups in total. The molecule has 1 heterocycles. The maximum atomic E-state index is 14.6. The van der Waals surface area contributed by atoms with Gasteiger partial charge in [0.05, 0.1) is 0 Å². The Morgan fingerprint density at radius 3 is 2.08 bits per heavy atom. The van der Waals surface area contributed by atoms with E-state index < -0.39 is 41.2 Å². The van der Waals surface area contributed by atoms with Crippen LogP contribution in [-0.2, 0) is 9.53 Å². The van der Waals surface area contributed by atoms with E-state index in [0.29, 0.717) is 11.1 Å². The Labute approximate surface area is 227 Å². The maximum Gasteiger partial charge on any atom is 0.326 e. The monoisotopic (exact) mass is 534 g/mol. The standard InChI is InChI=1S/C31H32F2N2O4/c1-31(2,3)39-27(36)20-35(30(38)28-25(32)14-9-15-26(28)33)24-13-8-11-22(19-24)21-10-7-12-23(18-21)29(37)34-16-5-4-6-17-34/h7-15,18-19H,4-6,16-17,20H2,1-3H3. The van der Waals surface area contributed by atoms with Gasteiger partial charge in [-0.05, 0) is 87.6 Å². The number of rotatable bonds is 6. The summed E-state index contributed by atoms with van der Waals surface area (Å²) in [6.45, 7) is 5.96. The number of likely N-dealkylation sites (tertiary alicyclic amines) is 1. The van der Waals surface area contributed by atoms with Crippen molar-refractivity contribution in [2.75, 3.05) is 24.5 Å². The molecule has 0 aliphatic carbocycles. The van der Waals surface area contributed by atoms with Gasteiger partial charge in [-0.3, -0.25) is 19.3 Å². The van der Waals surface area contributed by atoms with E-state index in [-0.39, 0.29) is 11.6 Å². The Hall–Kier alpha value is -4.07. The van der Waals surface area contributed by atoms with E-state index in [2.05, 4.69) is 0 Å². The first-order valence-corrected chi connectivity index (χ1v) is 13.0. The van der Waals surface area contributed by atoms with E-state index in [1.807, 2.05) is 11.0 Å². The minimum Gasteiger partial charge on any atom is -0.459 e. The molecule has 0 unspecified atom stereocenters. The van der Waals surface area contributed by atoms with Gasteiger partial charge in [0, 0.05) is 24.3 Å². The number of esters is 1. The molecule has 1 aliphatic heterocycles. The molecule has 0 radical (unpaired) electrons. The second-order valence-corrected chi connectivity index (χ2v) is 10.6. The molecule has 1 aliphatic rings. The summed E-state index contributed by atoms with van der Waals surface area (Å²) in [4.78, 5) is 42.1. The molecule has 39 heavy (non-hydrogen) atoms. The highest BCUT2D eigenvalue weighted by Gasteiger charge is 2.28. The van der Waals surface area contributed by atoms with E-state index in [0.717, 1.165) is 54.9 Å². The van der Waals surface area contributed by atoms with E-state index in [1.165, 1.54) is 6.07 Å². The minimum absolute atomic E-state index is 0.0375. The third-order valence-corrected chi connectivity index (χ3v) is 6.37. The summed E-state index contributed by atoms with van der Waals surface area (Å²) in [5.41, 5.74) is 0.602. The van der Waals surface area contributed by atoms with Crippen molar-refractivity contribution in [3.8, 4) is 11.1 Å². The molecule has 2 amide bonds. The zero-order valence-corrected chi connectivity index (χ0v) is 22.4. The van der Waals surface area contributed by atoms with Crippen LogP contribution in [0.3, 0.4) is 0 Å². The average molecular weight is 535 g/mol. The van der Waals surface area contributed by atoms with Crippen molar-refractivity contribution in [3.05, 3.63) is 89.5 Å². The Morgan fingerprint density at radius 2 is 1.44 bits per heavy atom. The fourth-order valence-corrected chi connectivity index (χ4v) is 4.59. The van der Waals surface area contributed by atoms with Crippen molar-refractivity contribution < 1.29 is 27.9 Å². The molecular formula is C31H32F2N2O4. The van der Waals surface area contributed by atoms with Gasteiger partial charge < -0.3 is 9.64 Å². The van der Waals surface area contributed by atoms with E-state index >= 15 is 0 Å². The average Bonchev–Trinajstić information content (AvgIpc) is 2.91. The highest BCUT2D eigenvalue weighted by atomic mass is 19.1. The SMILES string of the molecule is CC(C)(C)OC(=O)CN(C(=O)c1c(F)cccc1F)c1cccc(-c2cccc(C(=O)N3CCCCC3)c2)c1. The fourth-order valence-electron chi connectivity index (χ4n) is 4.59. The second-order valence-electron chi connectivity index (χ2n) is 10.6. The molecule has 0 saturated carbocycles. The van der Waals surface area contributed by atoms with Crippen molar-refractivity contribution in [2.24, 2.45) is 0 Å². The second kappa shape index (κ2) is 11.8. The Kier molecular flexibility index (Phi) is 8.43. The molecule has 3 aromatic rings. The van der Waals surface area contributed by atoms with Crippen LogP contribution in [0.25, 0.3) is 11.1 Å². The molecule has 4 rings (SSSR count). The lowest BCUT2D eigenvalue weighted by Crippen LogP contribution is -2.39. The number of anilines is 1. The van der Waals surface area contributed by atoms with Crippen LogP contribution in [0.2, 0.25) is 0 Å². The maximum absolute atomic E-state index is 14.6. The van der Waals surface area contributed by atoms with Gasteiger partial charge in [-0.25, -0.2) is 8.78 Å². The van der Waals surface area contributed by atoms with E-state index in [4.69, 9.17) is 4.74 Å². The fraction of sp³-hybridized carbons (Fsp3) is 0.323. The summed E-state index contributed by atoms with van der Waals surface area (Å²) in [5.74, 6) is -3.84. The summed E-state index contributed by atoms with van der Waals surface area (Å²) in [6, 6.07) is 17.0. The van der Waals surface area contributed by atoms with Crippen LogP contribution in [0.15, 0.2) is 66.7 Å². The molecule has 0 atom stereocenters. The molecule has 204 valence electrons. The third-order valence-electron chi connectivity index (χ3n) is 6.37. The van der Waals surface area contributed by atoms with Crippen molar-refractivity contribution in [2.45, 2.75) is 45.6 Å². The number of carbonyl (C=O) groups excluding carboxylic acids is 3. The van der Waals surface area contributed by atoms with Gasteiger partial charge in [0.1, 0.15) is 29.3 Å². The number of ether oxygens (including phenoxy) is 1. The van der Waals surface area contributed by atoms with Gasteiger partial charge in [-0.2, -0.15) is 0 Å². The van der Waals surface area contributed by atoms with Crippen molar-refractivity contribution in [1.29, 1.82) is 0 Å². The molecule has 8 heteroatoms. The van der Waals surface area contributed by atoms with Crippen LogP contribution in [0.1, 0.15) is 60.7 Å². The number of halogens is 2. The van der Waals surface area contributed by atoms with Crippen LogP contribution >= 0.6 is 0 Å². The Bertz CT molecular complexity index is 1360. The van der Waals surface area contributed by atoms with E-state index in [1.54, 1.807) is 63.2 Å². The normalized spacial score (nSPS) is 13.6. The lowest BCUT2D eigenvalue weighted by molar-refractivity contribution is -0.152. The molecule has 6 nitrogen and oxygen atoms in total. The number of hydrogen-bond acceptors (Lipinski definition) is 4. The molecule has 0 spiro atoms. The van der Waals surface area contributed by atoms with Crippen LogP contribution in [0.5, 0.6) is 0 Å². The number of benzene rings is 3. The predicted molar refractivity (Wildman–Crippen MR) is 146 cm³/mol. The van der Waals surface area contributed by atoms with Crippen LogP contribution in [0.4, 0.5) is 14.5 Å². The lowest BCUT2D eigenvalue weighted by atomic mass is 10.0. The highest BCUT2D eigenvalue weighted by molar-refractivity contribution is 6.09. The summed E-state index contributed by atoms with van der Waals surface area (Å²) in [7, 11) is 0. The van der Waals surface area contributed by atoms with Crippen LogP contribution in [0, 0.1) is 11.6 Å². The number of amides is 2. The lowest BCUT2D eigenvalue weighted by Gasteiger charge is -2.27. The minimum atomic E-state index is -1.03. The first kappa shape index (κ1) is 28.0. The summed E-state index contributed by atoms with van der Waals surface area (Å²) in [5, 5.41) is 0. The van der Waals surface area contributed by atoms with Gasteiger partial charge in [0.2, 0.25) is 0 Å². The van der Waals surface area contributed by atoms with Crippen LogP contribution < -0.4 is 4.90 Å². The van der Waals surface area contributed by atoms with Gasteiger partial charge in [-0.15, -0.1) is 0 Å². The first-order chi connectivity index (χ1) is 18.5. The summed E-state index contributed by atoms with van der Waals surface area (Å²) >= 11 is 0. The number of piperidine rings is 1. The molecule has 1 fully saturated rings. The smallest absolute Gasteiger partial charge is 0.326 e. The van der Waals surface area contributed by atoms with Crippen molar-refractivity contribution in [1.82, 2.24) is 4.90 Å². The zero-order valence-electron chi connectivity index (χ0n) is 22.4. The van der Waals surface area contributed by atoms with Crippen LogP contribution in [-0.4, -0.2) is 47.9 Å². The van der Waals surface area contributed by atoms with Crippen molar-refractivity contribution in [3.63, 3.8) is 0 Å². The molecule has 1 saturated heterocycles. The molecule has 0 bridgehead atoms. The topological polar surface area (TPSA) is 66.9 Å². The van der Waals surface area contributed by atoms with Gasteiger partial charge in [0.25, 0.3) is 11.8 Å². The summed E-state index contributed by atoms with van der Waals surface area (Å²) in [6.07, 6.45) is 3.08. The zero-order chi connectivity index (χ0) is 28.2.